The Balaban J connectivity index is 3.95. The van der Waals surface area contributed by atoms with Crippen LogP contribution in [0.25, 0.3) is 0 Å². The van der Waals surface area contributed by atoms with Crippen molar-refractivity contribution in [3.05, 3.63) is 134 Å². The first-order valence-corrected chi connectivity index (χ1v) is 44.4. The second-order valence-corrected chi connectivity index (χ2v) is 31.3. The zero-order valence-corrected chi connectivity index (χ0v) is 68.2. The summed E-state index contributed by atoms with van der Waals surface area (Å²) in [5, 5.41) is 0. The van der Waals surface area contributed by atoms with E-state index in [1.54, 1.807) is 0 Å². The average molecular weight is 1440 g/mol. The Morgan fingerprint density at radius 1 is 0.314 bits per heavy atom. The number of hydrogen-bond donors (Lipinski definition) is 1. The van der Waals surface area contributed by atoms with E-state index in [-0.39, 0.29) is 32.0 Å². The average Bonchev–Trinajstić information content (AvgIpc) is 0.914. The zero-order valence-electron chi connectivity index (χ0n) is 67.3. The van der Waals surface area contributed by atoms with Crippen LogP contribution in [-0.2, 0) is 32.7 Å². The first-order chi connectivity index (χ1) is 50.0. The summed E-state index contributed by atoms with van der Waals surface area (Å²) in [6, 6.07) is 0. The number of phosphoric acid groups is 1. The minimum absolute atomic E-state index is 0.0279. The second kappa shape index (κ2) is 81.2. The largest absolute Gasteiger partial charge is 0.472 e. The Labute approximate surface area is 631 Å². The van der Waals surface area contributed by atoms with Gasteiger partial charge in [-0.15, -0.1) is 0 Å². The van der Waals surface area contributed by atoms with Crippen molar-refractivity contribution >= 4 is 19.8 Å². The topological polar surface area (TPSA) is 108 Å². The Bertz CT molecular complexity index is 2190. The Morgan fingerprint density at radius 3 is 0.833 bits per heavy atom. The summed E-state index contributed by atoms with van der Waals surface area (Å²) in [5.41, 5.74) is 0. The third kappa shape index (κ3) is 85.1. The lowest BCUT2D eigenvalue weighted by Gasteiger charge is -2.24. The molecule has 10 heteroatoms. The van der Waals surface area contributed by atoms with Gasteiger partial charge in [0.1, 0.15) is 19.8 Å². The van der Waals surface area contributed by atoms with Crippen LogP contribution in [0.2, 0.25) is 0 Å². The molecule has 1 N–H and O–H groups in total. The maximum absolute atomic E-state index is 12.9. The van der Waals surface area contributed by atoms with Crippen LogP contribution in [0.5, 0.6) is 0 Å². The van der Waals surface area contributed by atoms with Crippen molar-refractivity contribution in [1.29, 1.82) is 0 Å². The van der Waals surface area contributed by atoms with Crippen molar-refractivity contribution < 1.29 is 42.1 Å². The van der Waals surface area contributed by atoms with Crippen molar-refractivity contribution in [3.8, 4) is 0 Å². The lowest BCUT2D eigenvalue weighted by Crippen LogP contribution is -2.37. The van der Waals surface area contributed by atoms with Crippen LogP contribution in [-0.4, -0.2) is 74.9 Å². The molecule has 0 fully saturated rings. The molecule has 0 saturated heterocycles. The molecule has 2 unspecified atom stereocenters. The summed E-state index contributed by atoms with van der Waals surface area (Å²) >= 11 is 0. The predicted molar refractivity (Wildman–Crippen MR) is 445 cm³/mol. The van der Waals surface area contributed by atoms with Crippen LogP contribution < -0.4 is 0 Å². The molecule has 0 radical (unpaired) electrons. The van der Waals surface area contributed by atoms with Gasteiger partial charge in [0.15, 0.2) is 6.10 Å². The molecule has 0 spiro atoms. The fourth-order valence-corrected chi connectivity index (χ4v) is 12.9. The number of likely N-dealkylation sites (N-methyl/N-ethyl adjacent to an activating group) is 1. The van der Waals surface area contributed by atoms with Crippen LogP contribution in [0, 0.1) is 0 Å². The molecule has 0 aliphatic rings. The van der Waals surface area contributed by atoms with Gasteiger partial charge in [-0.3, -0.25) is 18.6 Å². The fourth-order valence-electron chi connectivity index (χ4n) is 12.2. The van der Waals surface area contributed by atoms with E-state index < -0.39 is 26.5 Å². The smallest absolute Gasteiger partial charge is 0.462 e. The minimum Gasteiger partial charge on any atom is -0.462 e. The third-order valence-electron chi connectivity index (χ3n) is 18.7. The summed E-state index contributed by atoms with van der Waals surface area (Å²) in [7, 11) is 1.48. The molecule has 0 heterocycles. The number of esters is 2. The quantitative estimate of drug-likeness (QED) is 0.0211. The molecular weight excluding hydrogens is 1280 g/mol. The summed E-state index contributed by atoms with van der Waals surface area (Å²) in [6.07, 6.45) is 119. The van der Waals surface area contributed by atoms with E-state index in [1.807, 2.05) is 21.1 Å². The molecule has 0 aromatic carbocycles. The number of allylic oxidation sites excluding steroid dienone is 22. The molecule has 0 aromatic rings. The van der Waals surface area contributed by atoms with Crippen LogP contribution >= 0.6 is 7.82 Å². The van der Waals surface area contributed by atoms with Crippen LogP contribution in [0.4, 0.5) is 0 Å². The van der Waals surface area contributed by atoms with Crippen molar-refractivity contribution in [1.82, 2.24) is 0 Å². The molecule has 0 bridgehead atoms. The normalized spacial score (nSPS) is 13.7. The maximum atomic E-state index is 12.9. The number of carbonyl (C=O) groups is 2. The molecule has 0 saturated carbocycles. The number of rotatable bonds is 79. The highest BCUT2D eigenvalue weighted by Gasteiger charge is 2.27. The van der Waals surface area contributed by atoms with Gasteiger partial charge in [-0.1, -0.05) is 392 Å². The molecule has 588 valence electrons. The second-order valence-electron chi connectivity index (χ2n) is 29.8. The molecule has 0 amide bonds. The molecule has 9 nitrogen and oxygen atoms in total. The van der Waals surface area contributed by atoms with Gasteiger partial charge in [-0.05, 0) is 116 Å². The number of quaternary nitrogens is 1. The number of unbranched alkanes of at least 4 members (excludes halogenated alkanes) is 43. The van der Waals surface area contributed by atoms with Crippen LogP contribution in [0.3, 0.4) is 0 Å². The van der Waals surface area contributed by atoms with E-state index in [4.69, 9.17) is 18.5 Å². The predicted octanol–water partition coefficient (Wildman–Crippen LogP) is 29.1. The zero-order chi connectivity index (χ0) is 74.0. The molecule has 0 rings (SSSR count). The molecule has 2 atom stereocenters. The van der Waals surface area contributed by atoms with Gasteiger partial charge in [0.05, 0.1) is 27.7 Å². The number of hydrogen-bond acceptors (Lipinski definition) is 7. The Morgan fingerprint density at radius 2 is 0.559 bits per heavy atom. The monoisotopic (exact) mass is 1440 g/mol. The maximum Gasteiger partial charge on any atom is 0.472 e. The Hall–Kier alpha value is -3.85. The molecule has 0 aliphatic carbocycles. The highest BCUT2D eigenvalue weighted by Crippen LogP contribution is 2.43. The van der Waals surface area contributed by atoms with E-state index >= 15 is 0 Å². The van der Waals surface area contributed by atoms with Gasteiger partial charge in [-0.2, -0.15) is 0 Å². The fraction of sp³-hybridized carbons (Fsp3) is 0.739. The van der Waals surface area contributed by atoms with Gasteiger partial charge in [0, 0.05) is 12.8 Å². The van der Waals surface area contributed by atoms with Crippen molar-refractivity contribution in [2.45, 2.75) is 392 Å². The van der Waals surface area contributed by atoms with E-state index in [0.29, 0.717) is 17.4 Å². The van der Waals surface area contributed by atoms with E-state index in [0.717, 1.165) is 109 Å². The number of ether oxygens (including phenoxy) is 2. The summed E-state index contributed by atoms with van der Waals surface area (Å²) in [5.74, 6) is -0.790. The molecule has 0 aromatic heterocycles. The third-order valence-corrected chi connectivity index (χ3v) is 19.6. The molecular formula is C92H163NO8P+. The SMILES string of the molecule is CC/C=C\C/C=C\C/C=C\C/C=C\C/C=C\C/C=C\C/C=C\C/C=C\C/C=C\CCCCCCCCCCCCCC(=O)OC(COC(=O)CCCCCCCCCCCCCCCCCCCCCCCCCCCCC/C=C\C/C=C\CCCCCCC)COP(=O)(O)OCC[N+](C)(C)C. The highest BCUT2D eigenvalue weighted by molar-refractivity contribution is 7.47. The van der Waals surface area contributed by atoms with Gasteiger partial charge in [0.2, 0.25) is 0 Å². The van der Waals surface area contributed by atoms with Gasteiger partial charge >= 0.3 is 19.8 Å². The van der Waals surface area contributed by atoms with Crippen molar-refractivity contribution in [2.75, 3.05) is 47.5 Å². The van der Waals surface area contributed by atoms with Gasteiger partial charge in [0.25, 0.3) is 0 Å². The van der Waals surface area contributed by atoms with E-state index in [1.165, 1.54) is 244 Å². The minimum atomic E-state index is -4.40. The van der Waals surface area contributed by atoms with E-state index in [2.05, 4.69) is 148 Å². The van der Waals surface area contributed by atoms with Crippen LogP contribution in [0.1, 0.15) is 386 Å². The molecule has 102 heavy (non-hydrogen) atoms. The van der Waals surface area contributed by atoms with E-state index in [9.17, 15) is 19.0 Å². The Kier molecular flexibility index (Phi) is 78.2. The first kappa shape index (κ1) is 98.2. The number of nitrogens with zero attached hydrogens (tertiary/aromatic N) is 1. The summed E-state index contributed by atoms with van der Waals surface area (Å²) in [4.78, 5) is 36.0. The first-order valence-electron chi connectivity index (χ1n) is 42.9. The van der Waals surface area contributed by atoms with Crippen molar-refractivity contribution in [2.24, 2.45) is 0 Å². The lowest BCUT2D eigenvalue weighted by molar-refractivity contribution is -0.870. The summed E-state index contributed by atoms with van der Waals surface area (Å²) in [6.45, 7) is 4.34. The van der Waals surface area contributed by atoms with Crippen LogP contribution in [0.15, 0.2) is 134 Å². The highest BCUT2D eigenvalue weighted by atomic mass is 31.2. The lowest BCUT2D eigenvalue weighted by atomic mass is 10.0. The molecule has 0 aliphatic heterocycles. The van der Waals surface area contributed by atoms with Crippen molar-refractivity contribution in [3.63, 3.8) is 0 Å². The number of carbonyl (C=O) groups excluding carboxylic acids is 2. The van der Waals surface area contributed by atoms with Gasteiger partial charge in [-0.25, -0.2) is 4.57 Å². The number of phosphoric ester groups is 1. The van der Waals surface area contributed by atoms with Gasteiger partial charge < -0.3 is 18.9 Å². The summed E-state index contributed by atoms with van der Waals surface area (Å²) < 4.78 is 34.9. The standard InChI is InChI=1S/C92H162NO8P/c1-6-8-10-12-14-16-18-20-22-24-26-28-30-32-34-36-38-40-42-44-46-48-50-52-54-56-58-60-62-64-66-68-70-72-74-76-78-80-82-84-91(94)98-88-90(89-100-102(96,97)99-87-86-93(3,4)5)101-92(95)85-83-81-79-77-75-73-71-69-67-65-63-61-59-57-55-53-51-49-47-45-43-41-39-37-35-33-31-29-27-25-23-21-19-17-15-13-11-9-7-2/h9,11,15,17-18,20-21,23-24,26-27,29,33,35,39,41,45,47,51,53,57,59,90H,6-8,10,12-14,16,19,22,25,28,30-32,34,36-38,40,42-44,46,48-50,52,54-56,58,60-89H2,1-5H3/p+1/b11-9-,17-15-,20-18-,23-21-,26-24-,29-27-,35-33-,41-39-,47-45-,53-51-,59-57-.